The molecule has 1 spiro atoms. The lowest BCUT2D eigenvalue weighted by atomic mass is 9.82. The van der Waals surface area contributed by atoms with Gasteiger partial charge in [0, 0.05) is 18.7 Å². The Morgan fingerprint density at radius 1 is 1.15 bits per heavy atom. The summed E-state index contributed by atoms with van der Waals surface area (Å²) in [7, 11) is 0. The molecule has 1 saturated heterocycles. The first-order valence-corrected chi connectivity index (χ1v) is 9.45. The molecular weight excluding hydrogens is 330 g/mol. The maximum Gasteiger partial charge on any atom is 0.325 e. The molecule has 1 aliphatic carbocycles. The Balaban J connectivity index is 1.54. The fourth-order valence-electron chi connectivity index (χ4n) is 3.76. The van der Waals surface area contributed by atoms with Crippen molar-refractivity contribution in [3.63, 3.8) is 0 Å². The lowest BCUT2D eigenvalue weighted by Crippen LogP contribution is -2.48. The topological polar surface area (TPSA) is 78.5 Å². The minimum Gasteiger partial charge on any atom is -0.326 e. The standard InChI is InChI=1S/C20H27N3O3/c1-14(2)15-6-8-16(9-7-15)21-17(24)10-13-23-18(25)20(22-19(23)26)11-4-3-5-12-20/h6-9,14H,3-5,10-13H2,1-2H3,(H,21,24)(H,22,26). The maximum absolute atomic E-state index is 12.7. The number of benzene rings is 1. The van der Waals surface area contributed by atoms with Crippen LogP contribution in [0.15, 0.2) is 24.3 Å². The summed E-state index contributed by atoms with van der Waals surface area (Å²) in [4.78, 5) is 38.3. The molecule has 2 aliphatic rings. The van der Waals surface area contributed by atoms with Gasteiger partial charge in [-0.25, -0.2) is 4.79 Å². The third kappa shape index (κ3) is 3.74. The van der Waals surface area contributed by atoms with Gasteiger partial charge in [0.2, 0.25) is 5.91 Å². The van der Waals surface area contributed by atoms with Gasteiger partial charge < -0.3 is 10.6 Å². The Hall–Kier alpha value is -2.37. The van der Waals surface area contributed by atoms with E-state index in [1.54, 1.807) is 0 Å². The minimum atomic E-state index is -0.724. The van der Waals surface area contributed by atoms with Crippen LogP contribution in [0.2, 0.25) is 0 Å². The van der Waals surface area contributed by atoms with Crippen LogP contribution in [-0.2, 0) is 9.59 Å². The zero-order valence-electron chi connectivity index (χ0n) is 15.5. The summed E-state index contributed by atoms with van der Waals surface area (Å²) in [5.41, 5.74) is 1.21. The third-order valence-corrected chi connectivity index (χ3v) is 5.38. The van der Waals surface area contributed by atoms with Gasteiger partial charge in [0.1, 0.15) is 5.54 Å². The van der Waals surface area contributed by atoms with Gasteiger partial charge in [0.15, 0.2) is 0 Å². The van der Waals surface area contributed by atoms with Crippen LogP contribution in [0.4, 0.5) is 10.5 Å². The Kier molecular flexibility index (Phi) is 5.30. The summed E-state index contributed by atoms with van der Waals surface area (Å²) in [6, 6.07) is 7.36. The highest BCUT2D eigenvalue weighted by atomic mass is 16.2. The van der Waals surface area contributed by atoms with Crippen molar-refractivity contribution in [2.45, 2.75) is 63.8 Å². The van der Waals surface area contributed by atoms with E-state index in [1.165, 1.54) is 10.5 Å². The molecule has 3 rings (SSSR count). The van der Waals surface area contributed by atoms with Gasteiger partial charge in [0.25, 0.3) is 5.91 Å². The Morgan fingerprint density at radius 3 is 2.42 bits per heavy atom. The molecule has 1 aromatic carbocycles. The molecule has 1 heterocycles. The van der Waals surface area contributed by atoms with Crippen molar-refractivity contribution in [1.29, 1.82) is 0 Å². The minimum absolute atomic E-state index is 0.0984. The fraction of sp³-hybridized carbons (Fsp3) is 0.550. The molecule has 0 atom stereocenters. The quantitative estimate of drug-likeness (QED) is 0.793. The Morgan fingerprint density at radius 2 is 1.81 bits per heavy atom. The molecule has 2 fully saturated rings. The predicted molar refractivity (Wildman–Crippen MR) is 99.8 cm³/mol. The molecule has 26 heavy (non-hydrogen) atoms. The van der Waals surface area contributed by atoms with Crippen LogP contribution in [-0.4, -0.2) is 34.8 Å². The predicted octanol–water partition coefficient (Wildman–Crippen LogP) is 3.39. The summed E-state index contributed by atoms with van der Waals surface area (Å²) in [6.07, 6.45) is 4.49. The molecule has 6 heteroatoms. The van der Waals surface area contributed by atoms with Crippen molar-refractivity contribution < 1.29 is 14.4 Å². The van der Waals surface area contributed by atoms with Crippen molar-refractivity contribution in [3.05, 3.63) is 29.8 Å². The summed E-state index contributed by atoms with van der Waals surface area (Å²) < 4.78 is 0. The number of nitrogens with one attached hydrogen (secondary N) is 2. The van der Waals surface area contributed by atoms with E-state index < -0.39 is 5.54 Å². The SMILES string of the molecule is CC(C)c1ccc(NC(=O)CCN2C(=O)NC3(CCCCC3)C2=O)cc1. The summed E-state index contributed by atoms with van der Waals surface area (Å²) in [5, 5.41) is 5.69. The van der Waals surface area contributed by atoms with E-state index in [4.69, 9.17) is 0 Å². The molecule has 4 amide bonds. The molecule has 0 radical (unpaired) electrons. The highest BCUT2D eigenvalue weighted by molar-refractivity contribution is 6.07. The lowest BCUT2D eigenvalue weighted by Gasteiger charge is -2.30. The number of rotatable bonds is 5. The number of anilines is 1. The van der Waals surface area contributed by atoms with Crippen LogP contribution in [0.25, 0.3) is 0 Å². The molecule has 6 nitrogen and oxygen atoms in total. The van der Waals surface area contributed by atoms with Crippen LogP contribution >= 0.6 is 0 Å². The zero-order chi connectivity index (χ0) is 18.7. The molecule has 1 aliphatic heterocycles. The van der Waals surface area contributed by atoms with E-state index in [0.717, 1.165) is 24.9 Å². The summed E-state index contributed by atoms with van der Waals surface area (Å²) in [5.74, 6) is 0.0651. The molecular formula is C20H27N3O3. The number of carbonyl (C=O) groups is 3. The van der Waals surface area contributed by atoms with Gasteiger partial charge in [-0.05, 0) is 36.5 Å². The molecule has 140 valence electrons. The average molecular weight is 357 g/mol. The maximum atomic E-state index is 12.7. The number of urea groups is 1. The number of amides is 4. The Labute approximate surface area is 154 Å². The third-order valence-electron chi connectivity index (χ3n) is 5.38. The van der Waals surface area contributed by atoms with E-state index in [2.05, 4.69) is 24.5 Å². The van der Waals surface area contributed by atoms with Gasteiger partial charge in [-0.1, -0.05) is 45.2 Å². The molecule has 1 aromatic rings. The van der Waals surface area contributed by atoms with E-state index >= 15 is 0 Å². The van der Waals surface area contributed by atoms with E-state index in [1.807, 2.05) is 24.3 Å². The van der Waals surface area contributed by atoms with Crippen LogP contribution in [0, 0.1) is 0 Å². The zero-order valence-corrected chi connectivity index (χ0v) is 15.5. The number of nitrogens with zero attached hydrogens (tertiary/aromatic N) is 1. The van der Waals surface area contributed by atoms with E-state index in [0.29, 0.717) is 18.8 Å². The van der Waals surface area contributed by atoms with Gasteiger partial charge in [0.05, 0.1) is 0 Å². The van der Waals surface area contributed by atoms with Crippen LogP contribution in [0.1, 0.15) is 63.9 Å². The highest BCUT2D eigenvalue weighted by Gasteiger charge is 2.50. The number of carbonyl (C=O) groups excluding carboxylic acids is 3. The van der Waals surface area contributed by atoms with Crippen LogP contribution in [0.5, 0.6) is 0 Å². The number of imide groups is 1. The van der Waals surface area contributed by atoms with Crippen LogP contribution in [0.3, 0.4) is 0 Å². The van der Waals surface area contributed by atoms with Gasteiger partial charge in [-0.15, -0.1) is 0 Å². The van der Waals surface area contributed by atoms with Crippen LogP contribution < -0.4 is 10.6 Å². The summed E-state index contributed by atoms with van der Waals surface area (Å²) >= 11 is 0. The second kappa shape index (κ2) is 7.48. The Bertz CT molecular complexity index is 691. The van der Waals surface area contributed by atoms with Gasteiger partial charge in [-0.3, -0.25) is 14.5 Å². The summed E-state index contributed by atoms with van der Waals surface area (Å²) in [6.45, 7) is 4.35. The smallest absolute Gasteiger partial charge is 0.325 e. The number of hydrogen-bond donors (Lipinski definition) is 2. The largest absolute Gasteiger partial charge is 0.326 e. The first-order valence-electron chi connectivity index (χ1n) is 9.45. The molecule has 0 unspecified atom stereocenters. The first-order chi connectivity index (χ1) is 12.4. The van der Waals surface area contributed by atoms with Crippen molar-refractivity contribution in [2.75, 3.05) is 11.9 Å². The fourth-order valence-corrected chi connectivity index (χ4v) is 3.76. The van der Waals surface area contributed by atoms with Gasteiger partial charge in [-0.2, -0.15) is 0 Å². The van der Waals surface area contributed by atoms with Crippen molar-refractivity contribution >= 4 is 23.5 Å². The first kappa shape index (κ1) is 18.4. The van der Waals surface area contributed by atoms with Crippen molar-refractivity contribution in [1.82, 2.24) is 10.2 Å². The molecule has 0 bridgehead atoms. The van der Waals surface area contributed by atoms with Crippen molar-refractivity contribution in [3.8, 4) is 0 Å². The van der Waals surface area contributed by atoms with E-state index in [-0.39, 0.29) is 30.8 Å². The molecule has 0 aromatic heterocycles. The molecule has 2 N–H and O–H groups in total. The lowest BCUT2D eigenvalue weighted by molar-refractivity contribution is -0.132. The molecule has 1 saturated carbocycles. The average Bonchev–Trinajstić information content (AvgIpc) is 2.84. The van der Waals surface area contributed by atoms with E-state index in [9.17, 15) is 14.4 Å². The van der Waals surface area contributed by atoms with Crippen molar-refractivity contribution in [2.24, 2.45) is 0 Å². The second-order valence-corrected chi connectivity index (χ2v) is 7.60. The highest BCUT2D eigenvalue weighted by Crippen LogP contribution is 2.33. The van der Waals surface area contributed by atoms with Gasteiger partial charge >= 0.3 is 6.03 Å². The monoisotopic (exact) mass is 357 g/mol. The number of hydrogen-bond acceptors (Lipinski definition) is 3. The second-order valence-electron chi connectivity index (χ2n) is 7.60. The normalized spacial score (nSPS) is 19.1.